The Morgan fingerprint density at radius 3 is 2.36 bits per heavy atom. The molecule has 0 saturated carbocycles. The Bertz CT molecular complexity index is 339. The van der Waals surface area contributed by atoms with E-state index in [0.717, 1.165) is 5.56 Å². The molecular formula is C12H14O2. The quantitative estimate of drug-likeness (QED) is 0.792. The van der Waals surface area contributed by atoms with Crippen LogP contribution in [0.3, 0.4) is 0 Å². The summed E-state index contributed by atoms with van der Waals surface area (Å²) in [4.78, 5) is 10.9. The molecule has 0 aliphatic rings. The number of hydrogen-bond acceptors (Lipinski definition) is 2. The number of aliphatic hydroxyl groups excluding tert-OH is 1. The van der Waals surface area contributed by atoms with Crippen molar-refractivity contribution in [1.29, 1.82) is 0 Å². The first-order chi connectivity index (χ1) is 6.61. The van der Waals surface area contributed by atoms with E-state index in [1.54, 1.807) is 6.92 Å². The molecule has 0 bridgehead atoms. The second-order valence-electron chi connectivity index (χ2n) is 3.31. The Kier molecular flexibility index (Phi) is 3.60. The van der Waals surface area contributed by atoms with Gasteiger partial charge < -0.3 is 5.11 Å². The van der Waals surface area contributed by atoms with Gasteiger partial charge in [-0.15, -0.1) is 0 Å². The van der Waals surface area contributed by atoms with Crippen molar-refractivity contribution in [3.05, 3.63) is 41.5 Å². The maximum Gasteiger partial charge on any atom is 0.162 e. The maximum atomic E-state index is 10.9. The summed E-state index contributed by atoms with van der Waals surface area (Å²) in [5, 5.41) is 9.44. The zero-order valence-electron chi connectivity index (χ0n) is 8.40. The molecule has 2 heteroatoms. The molecule has 0 amide bonds. The number of rotatable bonds is 3. The molecule has 0 heterocycles. The zero-order valence-corrected chi connectivity index (χ0v) is 8.40. The molecule has 0 aliphatic heterocycles. The van der Waals surface area contributed by atoms with E-state index in [9.17, 15) is 9.90 Å². The zero-order chi connectivity index (χ0) is 10.6. The van der Waals surface area contributed by atoms with Gasteiger partial charge in [-0.05, 0) is 25.0 Å². The van der Waals surface area contributed by atoms with Crippen LogP contribution in [0.5, 0.6) is 0 Å². The van der Waals surface area contributed by atoms with Gasteiger partial charge in [0, 0.05) is 0 Å². The molecule has 0 aromatic heterocycles. The van der Waals surface area contributed by atoms with Gasteiger partial charge in [0.2, 0.25) is 0 Å². The highest BCUT2D eigenvalue weighted by Gasteiger charge is 2.10. The highest BCUT2D eigenvalue weighted by Crippen LogP contribution is 2.09. The lowest BCUT2D eigenvalue weighted by Crippen LogP contribution is -2.17. The Hall–Kier alpha value is -1.41. The van der Waals surface area contributed by atoms with Crippen molar-refractivity contribution in [2.24, 2.45) is 0 Å². The van der Waals surface area contributed by atoms with Gasteiger partial charge in [-0.3, -0.25) is 4.79 Å². The van der Waals surface area contributed by atoms with Crippen LogP contribution in [0.2, 0.25) is 0 Å². The summed E-state index contributed by atoms with van der Waals surface area (Å²) in [6.45, 7) is 3.13. The second-order valence-corrected chi connectivity index (χ2v) is 3.31. The minimum Gasteiger partial charge on any atom is -0.381 e. The van der Waals surface area contributed by atoms with Gasteiger partial charge in [0.25, 0.3) is 0 Å². The molecule has 0 aliphatic carbocycles. The summed E-state index contributed by atoms with van der Waals surface area (Å²) in [6, 6.07) is 9.61. The third kappa shape index (κ3) is 2.82. The minimum absolute atomic E-state index is 0.227. The van der Waals surface area contributed by atoms with Crippen LogP contribution in [0.15, 0.2) is 35.9 Å². The minimum atomic E-state index is -0.977. The Morgan fingerprint density at radius 2 is 1.86 bits per heavy atom. The molecular weight excluding hydrogens is 176 g/mol. The average molecular weight is 190 g/mol. The molecule has 0 spiro atoms. The van der Waals surface area contributed by atoms with Crippen LogP contribution in [0.25, 0.3) is 6.08 Å². The van der Waals surface area contributed by atoms with Crippen molar-refractivity contribution in [2.45, 2.75) is 20.0 Å². The number of hydrogen-bond donors (Lipinski definition) is 1. The summed E-state index contributed by atoms with van der Waals surface area (Å²) < 4.78 is 0. The van der Waals surface area contributed by atoms with E-state index in [4.69, 9.17) is 0 Å². The molecule has 0 fully saturated rings. The highest BCUT2D eigenvalue weighted by atomic mass is 16.3. The lowest BCUT2D eigenvalue weighted by atomic mass is 10.1. The predicted molar refractivity (Wildman–Crippen MR) is 56.8 cm³/mol. The Labute approximate surface area is 83.9 Å². The highest BCUT2D eigenvalue weighted by molar-refractivity contribution is 5.84. The largest absolute Gasteiger partial charge is 0.381 e. The SMILES string of the molecule is CC(=O)C(O)/C(C)=C/c1ccccc1. The van der Waals surface area contributed by atoms with Crippen LogP contribution in [-0.2, 0) is 4.79 Å². The van der Waals surface area contributed by atoms with Crippen molar-refractivity contribution in [1.82, 2.24) is 0 Å². The fraction of sp³-hybridized carbons (Fsp3) is 0.250. The molecule has 2 nitrogen and oxygen atoms in total. The van der Waals surface area contributed by atoms with Crippen molar-refractivity contribution in [3.8, 4) is 0 Å². The molecule has 14 heavy (non-hydrogen) atoms. The average Bonchev–Trinajstić information content (AvgIpc) is 2.18. The van der Waals surface area contributed by atoms with E-state index in [1.165, 1.54) is 6.92 Å². The smallest absolute Gasteiger partial charge is 0.162 e. The van der Waals surface area contributed by atoms with E-state index in [-0.39, 0.29) is 5.78 Å². The molecule has 1 N–H and O–H groups in total. The van der Waals surface area contributed by atoms with Crippen LogP contribution in [0, 0.1) is 0 Å². The molecule has 1 unspecified atom stereocenters. The third-order valence-corrected chi connectivity index (χ3v) is 2.01. The van der Waals surface area contributed by atoms with E-state index >= 15 is 0 Å². The molecule has 0 saturated heterocycles. The predicted octanol–water partition coefficient (Wildman–Crippen LogP) is 2.04. The standard InChI is InChI=1S/C12H14O2/c1-9(12(14)10(2)13)8-11-6-4-3-5-7-11/h3-8,12,14H,1-2H3/b9-8+. The van der Waals surface area contributed by atoms with Crippen molar-refractivity contribution in [3.63, 3.8) is 0 Å². The Balaban J connectivity index is 2.84. The van der Waals surface area contributed by atoms with Crippen molar-refractivity contribution < 1.29 is 9.90 Å². The van der Waals surface area contributed by atoms with E-state index in [1.807, 2.05) is 36.4 Å². The molecule has 74 valence electrons. The normalized spacial score (nSPS) is 13.8. The summed E-state index contributed by atoms with van der Waals surface area (Å²) in [5.74, 6) is -0.227. The van der Waals surface area contributed by atoms with Gasteiger partial charge in [0.15, 0.2) is 5.78 Å². The van der Waals surface area contributed by atoms with Gasteiger partial charge in [0.1, 0.15) is 6.10 Å². The van der Waals surface area contributed by atoms with E-state index in [2.05, 4.69) is 0 Å². The lowest BCUT2D eigenvalue weighted by molar-refractivity contribution is -0.123. The summed E-state index contributed by atoms with van der Waals surface area (Å²) in [7, 11) is 0. The third-order valence-electron chi connectivity index (χ3n) is 2.01. The molecule has 0 radical (unpaired) electrons. The molecule has 1 atom stereocenters. The first-order valence-electron chi connectivity index (χ1n) is 4.53. The number of ketones is 1. The summed E-state index contributed by atoms with van der Waals surface area (Å²) in [5.41, 5.74) is 1.66. The van der Waals surface area contributed by atoms with Crippen LogP contribution in [-0.4, -0.2) is 17.0 Å². The number of carbonyl (C=O) groups excluding carboxylic acids is 1. The van der Waals surface area contributed by atoms with Crippen LogP contribution >= 0.6 is 0 Å². The van der Waals surface area contributed by atoms with Crippen LogP contribution in [0.1, 0.15) is 19.4 Å². The topological polar surface area (TPSA) is 37.3 Å². The molecule has 1 aromatic carbocycles. The number of benzene rings is 1. The molecule has 1 aromatic rings. The maximum absolute atomic E-state index is 10.9. The monoisotopic (exact) mass is 190 g/mol. The van der Waals surface area contributed by atoms with Gasteiger partial charge in [-0.2, -0.15) is 0 Å². The first kappa shape index (κ1) is 10.7. The molecule has 1 rings (SSSR count). The fourth-order valence-corrected chi connectivity index (χ4v) is 1.21. The van der Waals surface area contributed by atoms with Crippen molar-refractivity contribution >= 4 is 11.9 Å². The van der Waals surface area contributed by atoms with Gasteiger partial charge in [-0.25, -0.2) is 0 Å². The van der Waals surface area contributed by atoms with Crippen LogP contribution < -0.4 is 0 Å². The van der Waals surface area contributed by atoms with Crippen LogP contribution in [0.4, 0.5) is 0 Å². The van der Waals surface area contributed by atoms with Crippen molar-refractivity contribution in [2.75, 3.05) is 0 Å². The Morgan fingerprint density at radius 1 is 1.29 bits per heavy atom. The second kappa shape index (κ2) is 4.72. The summed E-state index contributed by atoms with van der Waals surface area (Å²) in [6.07, 6.45) is 0.835. The number of Topliss-reactive ketones (excluding diaryl/α,β-unsaturated/α-hetero) is 1. The number of aliphatic hydroxyl groups is 1. The van der Waals surface area contributed by atoms with Gasteiger partial charge >= 0.3 is 0 Å². The van der Waals surface area contributed by atoms with E-state index < -0.39 is 6.10 Å². The lowest BCUT2D eigenvalue weighted by Gasteiger charge is -2.06. The van der Waals surface area contributed by atoms with Gasteiger partial charge in [-0.1, -0.05) is 36.4 Å². The fourth-order valence-electron chi connectivity index (χ4n) is 1.21. The van der Waals surface area contributed by atoms with Gasteiger partial charge in [0.05, 0.1) is 0 Å². The number of carbonyl (C=O) groups is 1. The first-order valence-corrected chi connectivity index (χ1v) is 4.53. The summed E-state index contributed by atoms with van der Waals surface area (Å²) >= 11 is 0. The van der Waals surface area contributed by atoms with E-state index in [0.29, 0.717) is 5.57 Å².